The Bertz CT molecular complexity index is 763. The van der Waals surface area contributed by atoms with Crippen molar-refractivity contribution in [3.8, 4) is 5.75 Å². The Hall–Kier alpha value is -2.35. The van der Waals surface area contributed by atoms with Crippen molar-refractivity contribution in [3.05, 3.63) is 29.1 Å². The SMILES string of the molecule is CO[C@H]([C@H](CN)OC)[C@H](COC(=O)CCCC(=O)Oc1c(F)c(F)c(F)c(F)c1F)OC. The third-order valence-corrected chi connectivity index (χ3v) is 4.40. The number of carbonyl (C=O) groups is 2. The number of halogens is 5. The van der Waals surface area contributed by atoms with Gasteiger partial charge in [-0.25, -0.2) is 13.2 Å². The van der Waals surface area contributed by atoms with E-state index in [1.165, 1.54) is 21.3 Å². The number of carbonyl (C=O) groups excluding carboxylic acids is 2. The van der Waals surface area contributed by atoms with Crippen LogP contribution < -0.4 is 10.5 Å². The molecule has 1 aromatic rings. The van der Waals surface area contributed by atoms with E-state index < -0.39 is 71.5 Å². The minimum Gasteiger partial charge on any atom is -0.463 e. The lowest BCUT2D eigenvalue weighted by molar-refractivity contribution is -0.157. The molecule has 0 amide bonds. The average molecular weight is 473 g/mol. The minimum atomic E-state index is -2.38. The molecule has 13 heteroatoms. The smallest absolute Gasteiger partial charge is 0.311 e. The third-order valence-electron chi connectivity index (χ3n) is 4.40. The van der Waals surface area contributed by atoms with Gasteiger partial charge in [-0.15, -0.1) is 0 Å². The first kappa shape index (κ1) is 27.7. The zero-order valence-corrected chi connectivity index (χ0v) is 17.6. The first-order chi connectivity index (χ1) is 15.1. The van der Waals surface area contributed by atoms with Crippen LogP contribution in [0.2, 0.25) is 0 Å². The van der Waals surface area contributed by atoms with Gasteiger partial charge < -0.3 is 29.4 Å². The van der Waals surface area contributed by atoms with Gasteiger partial charge in [0.2, 0.25) is 34.8 Å². The lowest BCUT2D eigenvalue weighted by Gasteiger charge is -2.29. The highest BCUT2D eigenvalue weighted by Crippen LogP contribution is 2.29. The number of nitrogens with two attached hydrogens (primary N) is 1. The molecule has 0 aliphatic heterocycles. The monoisotopic (exact) mass is 473 g/mol. The molecule has 0 aromatic heterocycles. The first-order valence-corrected chi connectivity index (χ1v) is 9.28. The van der Waals surface area contributed by atoms with Crippen LogP contribution in [-0.2, 0) is 28.5 Å². The second-order valence-corrected chi connectivity index (χ2v) is 6.39. The van der Waals surface area contributed by atoms with E-state index in [2.05, 4.69) is 4.74 Å². The molecular formula is C19H24F5NO7. The van der Waals surface area contributed by atoms with Gasteiger partial charge in [0.05, 0.1) is 6.10 Å². The van der Waals surface area contributed by atoms with Crippen LogP contribution in [0.3, 0.4) is 0 Å². The normalized spacial score (nSPS) is 14.0. The molecule has 1 rings (SSSR count). The van der Waals surface area contributed by atoms with Crippen LogP contribution in [0.25, 0.3) is 0 Å². The zero-order chi connectivity index (χ0) is 24.4. The summed E-state index contributed by atoms with van der Waals surface area (Å²) in [6.45, 7) is -0.101. The van der Waals surface area contributed by atoms with Crippen LogP contribution in [0.5, 0.6) is 5.75 Å². The van der Waals surface area contributed by atoms with E-state index in [1.807, 2.05) is 0 Å². The largest absolute Gasteiger partial charge is 0.463 e. The third kappa shape index (κ3) is 7.08. The van der Waals surface area contributed by atoms with Crippen molar-refractivity contribution in [2.24, 2.45) is 5.73 Å². The topological polar surface area (TPSA) is 106 Å². The molecule has 0 bridgehead atoms. The van der Waals surface area contributed by atoms with Gasteiger partial charge in [0.15, 0.2) is 0 Å². The zero-order valence-electron chi connectivity index (χ0n) is 17.6. The van der Waals surface area contributed by atoms with Crippen LogP contribution in [0.1, 0.15) is 19.3 Å². The summed E-state index contributed by atoms with van der Waals surface area (Å²) in [7, 11) is 4.19. The van der Waals surface area contributed by atoms with Gasteiger partial charge in [-0.3, -0.25) is 9.59 Å². The minimum absolute atomic E-state index is 0.119. The van der Waals surface area contributed by atoms with Gasteiger partial charge in [0.25, 0.3) is 0 Å². The maximum Gasteiger partial charge on any atom is 0.311 e. The number of methoxy groups -OCH3 is 3. The lowest BCUT2D eigenvalue weighted by Crippen LogP contribution is -2.47. The highest BCUT2D eigenvalue weighted by atomic mass is 19.2. The maximum atomic E-state index is 13.5. The Morgan fingerprint density at radius 3 is 1.75 bits per heavy atom. The molecule has 3 atom stereocenters. The van der Waals surface area contributed by atoms with Crippen molar-refractivity contribution in [2.75, 3.05) is 34.5 Å². The molecular weight excluding hydrogens is 449 g/mol. The number of hydrogen-bond donors (Lipinski definition) is 1. The molecule has 0 saturated heterocycles. The molecule has 182 valence electrons. The van der Waals surface area contributed by atoms with E-state index in [0.717, 1.165) is 0 Å². The molecule has 32 heavy (non-hydrogen) atoms. The summed E-state index contributed by atoms with van der Waals surface area (Å²) in [6, 6.07) is 0. The summed E-state index contributed by atoms with van der Waals surface area (Å²) >= 11 is 0. The second kappa shape index (κ2) is 13.3. The number of ether oxygens (including phenoxy) is 5. The molecule has 8 nitrogen and oxygen atoms in total. The fourth-order valence-electron chi connectivity index (χ4n) is 2.67. The number of esters is 2. The highest BCUT2D eigenvalue weighted by Gasteiger charge is 2.31. The quantitative estimate of drug-likeness (QED) is 0.153. The van der Waals surface area contributed by atoms with E-state index in [-0.39, 0.29) is 26.0 Å². The van der Waals surface area contributed by atoms with E-state index in [9.17, 15) is 31.5 Å². The van der Waals surface area contributed by atoms with Crippen molar-refractivity contribution in [1.82, 2.24) is 0 Å². The van der Waals surface area contributed by atoms with Crippen LogP contribution >= 0.6 is 0 Å². The van der Waals surface area contributed by atoms with E-state index in [4.69, 9.17) is 24.7 Å². The fraction of sp³-hybridized carbons (Fsp3) is 0.579. The van der Waals surface area contributed by atoms with E-state index in [0.29, 0.717) is 0 Å². The van der Waals surface area contributed by atoms with Gasteiger partial charge >= 0.3 is 11.9 Å². The molecule has 0 spiro atoms. The molecule has 0 unspecified atom stereocenters. The van der Waals surface area contributed by atoms with Gasteiger partial charge in [0, 0.05) is 40.7 Å². The van der Waals surface area contributed by atoms with Crippen molar-refractivity contribution in [3.63, 3.8) is 0 Å². The van der Waals surface area contributed by atoms with Crippen LogP contribution in [0.15, 0.2) is 0 Å². The Labute approximate surface area is 180 Å². The van der Waals surface area contributed by atoms with E-state index in [1.54, 1.807) is 0 Å². The standard InChI is InChI=1S/C19H24F5NO7/c1-28-9(7-25)18(30-3)10(29-2)8-31-11(26)5-4-6-12(27)32-19-16(23)14(21)13(20)15(22)17(19)24/h9-10,18H,4-8,25H2,1-3H3/t9-,10-,18+/m0/s1. The average Bonchev–Trinajstić information content (AvgIpc) is 2.78. The Morgan fingerprint density at radius 1 is 0.781 bits per heavy atom. The van der Waals surface area contributed by atoms with Crippen LogP contribution in [0, 0.1) is 29.1 Å². The summed E-state index contributed by atoms with van der Waals surface area (Å²) in [4.78, 5) is 23.5. The Morgan fingerprint density at radius 2 is 1.28 bits per heavy atom. The molecule has 0 aliphatic carbocycles. The molecule has 2 N–H and O–H groups in total. The summed E-state index contributed by atoms with van der Waals surface area (Å²) in [5.74, 6) is -15.2. The number of rotatable bonds is 13. The molecule has 0 saturated carbocycles. The summed E-state index contributed by atoms with van der Waals surface area (Å²) in [6.07, 6.45) is -2.91. The molecule has 1 aromatic carbocycles. The maximum absolute atomic E-state index is 13.5. The van der Waals surface area contributed by atoms with Crippen molar-refractivity contribution in [2.45, 2.75) is 37.6 Å². The molecule has 0 aliphatic rings. The van der Waals surface area contributed by atoms with Gasteiger partial charge in [-0.05, 0) is 6.42 Å². The Kier molecular flexibility index (Phi) is 11.5. The van der Waals surface area contributed by atoms with Gasteiger partial charge in [0.1, 0.15) is 18.8 Å². The van der Waals surface area contributed by atoms with Crippen LogP contribution in [0.4, 0.5) is 22.0 Å². The fourth-order valence-corrected chi connectivity index (χ4v) is 2.67. The molecule has 0 heterocycles. The Balaban J connectivity index is 2.55. The van der Waals surface area contributed by atoms with Crippen molar-refractivity contribution < 1.29 is 55.2 Å². The molecule has 0 radical (unpaired) electrons. The van der Waals surface area contributed by atoms with Crippen molar-refractivity contribution in [1.29, 1.82) is 0 Å². The summed E-state index contributed by atoms with van der Waals surface area (Å²) < 4.78 is 91.2. The predicted octanol–water partition coefficient (Wildman–Crippen LogP) is 2.00. The van der Waals surface area contributed by atoms with E-state index >= 15 is 0 Å². The molecule has 0 fully saturated rings. The first-order valence-electron chi connectivity index (χ1n) is 9.28. The van der Waals surface area contributed by atoms with Crippen molar-refractivity contribution >= 4 is 11.9 Å². The van der Waals surface area contributed by atoms with Crippen LogP contribution in [-0.4, -0.2) is 64.7 Å². The van der Waals surface area contributed by atoms with Gasteiger partial charge in [-0.2, -0.15) is 8.78 Å². The predicted molar refractivity (Wildman–Crippen MR) is 98.1 cm³/mol. The highest BCUT2D eigenvalue weighted by molar-refractivity contribution is 5.74. The summed E-state index contributed by atoms with van der Waals surface area (Å²) in [5.41, 5.74) is 5.58. The summed E-state index contributed by atoms with van der Waals surface area (Å²) in [5, 5.41) is 0. The van der Waals surface area contributed by atoms with Gasteiger partial charge in [-0.1, -0.05) is 0 Å². The number of hydrogen-bond acceptors (Lipinski definition) is 8. The lowest BCUT2D eigenvalue weighted by atomic mass is 10.1. The second-order valence-electron chi connectivity index (χ2n) is 6.39. The number of benzene rings is 1.